The summed E-state index contributed by atoms with van der Waals surface area (Å²) < 4.78 is 54.8. The van der Waals surface area contributed by atoms with Crippen LogP contribution in [0.5, 0.6) is 28.9 Å². The molecule has 1 aliphatic rings. The van der Waals surface area contributed by atoms with Crippen LogP contribution in [0.4, 0.5) is 8.78 Å². The van der Waals surface area contributed by atoms with E-state index in [1.165, 1.54) is 48.5 Å². The van der Waals surface area contributed by atoms with Gasteiger partial charge >= 0.3 is 5.97 Å². The maximum Gasteiger partial charge on any atom is 0.337 e. The third-order valence-electron chi connectivity index (χ3n) is 6.23. The topological polar surface area (TPSA) is 184 Å². The first-order valence-corrected chi connectivity index (χ1v) is 13.6. The van der Waals surface area contributed by atoms with E-state index in [0.29, 0.717) is 25.1 Å². The molecule has 0 bridgehead atoms. The molecule has 5 N–H and O–H groups in total. The van der Waals surface area contributed by atoms with Gasteiger partial charge in [-0.25, -0.2) is 23.4 Å². The molecule has 3 heterocycles. The Morgan fingerprint density at radius 1 is 1.05 bits per heavy atom. The Hall–Kier alpha value is -5.44. The summed E-state index contributed by atoms with van der Waals surface area (Å²) in [6.45, 7) is 0.995. The maximum atomic E-state index is 15.6. The summed E-state index contributed by atoms with van der Waals surface area (Å²) in [6, 6.07) is 10.6. The first-order valence-electron chi connectivity index (χ1n) is 12.4. The van der Waals surface area contributed by atoms with Crippen molar-refractivity contribution >= 4 is 28.4 Å². The highest BCUT2D eigenvalue weighted by atomic mass is 32.2. The van der Waals surface area contributed by atoms with Crippen LogP contribution in [0, 0.1) is 17.0 Å². The average Bonchev–Trinajstić information content (AvgIpc) is 3.42. The summed E-state index contributed by atoms with van der Waals surface area (Å²) >= 11 is 0. The smallest absolute Gasteiger partial charge is 0.337 e. The fourth-order valence-electron chi connectivity index (χ4n) is 4.02. The lowest BCUT2D eigenvalue weighted by Crippen LogP contribution is -2.24. The van der Waals surface area contributed by atoms with Gasteiger partial charge in [-0.3, -0.25) is 10.4 Å². The standard InChI is InChI=1S/C28H22F2N6O6S/c1-36-9-8-33-26(36)17-11-16(43(40)22-7-3-15(12-34-22)28(38)39)4-6-20(17)41-24-18(29)13-35-27(23(24)30)42-21-10-14(25(31)32)2-5-19(21)37/h2-7,10-13,37H,8-9H2,1H3,(H3,31,32)(H,38,39). The predicted molar refractivity (Wildman–Crippen MR) is 150 cm³/mol. The van der Waals surface area contributed by atoms with Crippen LogP contribution >= 0.6 is 0 Å². The molecule has 0 saturated carbocycles. The van der Waals surface area contributed by atoms with Gasteiger partial charge in [-0.15, -0.1) is 0 Å². The lowest BCUT2D eigenvalue weighted by atomic mass is 10.1. The predicted octanol–water partition coefficient (Wildman–Crippen LogP) is 3.89. The third-order valence-corrected chi connectivity index (χ3v) is 7.53. The number of aromatic nitrogens is 2. The highest BCUT2D eigenvalue weighted by Crippen LogP contribution is 2.38. The van der Waals surface area contributed by atoms with Crippen molar-refractivity contribution in [1.82, 2.24) is 14.9 Å². The number of nitrogens with zero attached hydrogens (tertiary/aromatic N) is 4. The fourth-order valence-corrected chi connectivity index (χ4v) is 5.02. The molecule has 5 rings (SSSR count). The third kappa shape index (κ3) is 5.97. The minimum atomic E-state index is -1.85. The number of hydrogen-bond acceptors (Lipinski definition) is 10. The Kier molecular flexibility index (Phi) is 7.98. The van der Waals surface area contributed by atoms with E-state index in [0.717, 1.165) is 6.20 Å². The number of carboxylic acid groups (broad SMARTS) is 1. The Balaban J connectivity index is 1.51. The fraction of sp³-hybridized carbons (Fsp3) is 0.107. The zero-order valence-corrected chi connectivity index (χ0v) is 23.1. The van der Waals surface area contributed by atoms with Gasteiger partial charge in [0.1, 0.15) is 33.2 Å². The van der Waals surface area contributed by atoms with Crippen LogP contribution in [0.25, 0.3) is 0 Å². The number of nitrogens with one attached hydrogen (secondary N) is 1. The molecule has 0 amide bonds. The van der Waals surface area contributed by atoms with Crippen molar-refractivity contribution in [3.05, 3.63) is 89.2 Å². The number of amidine groups is 2. The Morgan fingerprint density at radius 2 is 1.81 bits per heavy atom. The summed E-state index contributed by atoms with van der Waals surface area (Å²) in [5.74, 6) is -5.88. The number of aromatic hydroxyl groups is 1. The van der Waals surface area contributed by atoms with Crippen LogP contribution in [-0.4, -0.2) is 67.1 Å². The molecule has 2 aromatic carbocycles. The SMILES string of the molecule is CN1CCN=C1c1cc(S(=O)c2ccc(C(=O)O)cn2)ccc1Oc1c(F)cnc(Oc2cc(C(=N)N)ccc2O)c1F. The Labute approximate surface area is 245 Å². The van der Waals surface area contributed by atoms with Crippen LogP contribution in [-0.2, 0) is 10.8 Å². The Morgan fingerprint density at radius 3 is 2.47 bits per heavy atom. The second-order valence-corrected chi connectivity index (χ2v) is 10.5. The van der Waals surface area contributed by atoms with Crippen molar-refractivity contribution in [2.75, 3.05) is 20.1 Å². The number of halogens is 2. The molecule has 12 nitrogen and oxygen atoms in total. The van der Waals surface area contributed by atoms with Crippen molar-refractivity contribution in [3.63, 3.8) is 0 Å². The van der Waals surface area contributed by atoms with Crippen molar-refractivity contribution in [2.24, 2.45) is 10.7 Å². The number of carboxylic acids is 1. The zero-order chi connectivity index (χ0) is 30.8. The number of nitrogens with two attached hydrogens (primary N) is 1. The molecule has 0 saturated heterocycles. The van der Waals surface area contributed by atoms with E-state index >= 15 is 4.39 Å². The second kappa shape index (κ2) is 11.8. The molecular formula is C28H22F2N6O6S. The van der Waals surface area contributed by atoms with E-state index in [-0.39, 0.29) is 43.9 Å². The first kappa shape index (κ1) is 29.1. The largest absolute Gasteiger partial charge is 0.504 e. The van der Waals surface area contributed by atoms with Crippen LogP contribution in [0.2, 0.25) is 0 Å². The summed E-state index contributed by atoms with van der Waals surface area (Å²) in [7, 11) is -0.0898. The van der Waals surface area contributed by atoms with Crippen LogP contribution in [0.3, 0.4) is 0 Å². The molecule has 220 valence electrons. The number of carbonyl (C=O) groups is 1. The average molecular weight is 609 g/mol. The minimum absolute atomic E-state index is 0.0289. The van der Waals surface area contributed by atoms with Crippen LogP contribution in [0.15, 0.2) is 75.8 Å². The highest BCUT2D eigenvalue weighted by molar-refractivity contribution is 7.85. The van der Waals surface area contributed by atoms with Gasteiger partial charge in [0.15, 0.2) is 17.3 Å². The molecule has 0 aliphatic carbocycles. The number of rotatable bonds is 9. The quantitative estimate of drug-likeness (QED) is 0.161. The lowest BCUT2D eigenvalue weighted by molar-refractivity contribution is 0.0696. The molecule has 1 aliphatic heterocycles. The number of likely N-dealkylation sites (N-methyl/N-ethyl adjacent to an activating group) is 1. The number of aliphatic imine (C=N–C) groups is 1. The Bertz CT molecular complexity index is 1820. The number of ether oxygens (including phenoxy) is 2. The number of hydrogen-bond donors (Lipinski definition) is 4. The highest BCUT2D eigenvalue weighted by Gasteiger charge is 2.26. The van der Waals surface area contributed by atoms with E-state index in [1.54, 1.807) is 11.9 Å². The normalized spacial score (nSPS) is 13.4. The monoisotopic (exact) mass is 608 g/mol. The molecule has 1 atom stereocenters. The van der Waals surface area contributed by atoms with Gasteiger partial charge in [0.2, 0.25) is 11.6 Å². The van der Waals surface area contributed by atoms with Crippen molar-refractivity contribution < 1.29 is 37.5 Å². The molecule has 15 heteroatoms. The molecule has 4 aromatic rings. The summed E-state index contributed by atoms with van der Waals surface area (Å²) in [5.41, 5.74) is 5.86. The van der Waals surface area contributed by atoms with E-state index < -0.39 is 45.8 Å². The summed E-state index contributed by atoms with van der Waals surface area (Å²) in [4.78, 5) is 25.2. The molecule has 0 radical (unpaired) electrons. The molecular weight excluding hydrogens is 586 g/mol. The van der Waals surface area contributed by atoms with Crippen molar-refractivity contribution in [1.29, 1.82) is 5.41 Å². The molecule has 0 spiro atoms. The van der Waals surface area contributed by atoms with Gasteiger partial charge in [0.25, 0.3) is 5.88 Å². The lowest BCUT2D eigenvalue weighted by Gasteiger charge is -2.19. The maximum absolute atomic E-state index is 15.6. The summed E-state index contributed by atoms with van der Waals surface area (Å²) in [5, 5.41) is 26.9. The summed E-state index contributed by atoms with van der Waals surface area (Å²) in [6.07, 6.45) is 1.77. The van der Waals surface area contributed by atoms with Gasteiger partial charge in [-0.1, -0.05) is 0 Å². The molecule has 43 heavy (non-hydrogen) atoms. The van der Waals surface area contributed by atoms with Gasteiger partial charge in [0.05, 0.1) is 23.9 Å². The van der Waals surface area contributed by atoms with E-state index in [9.17, 15) is 18.5 Å². The zero-order valence-electron chi connectivity index (χ0n) is 22.2. The van der Waals surface area contributed by atoms with E-state index in [2.05, 4.69) is 15.0 Å². The van der Waals surface area contributed by atoms with Crippen molar-refractivity contribution in [3.8, 4) is 28.9 Å². The van der Waals surface area contributed by atoms with E-state index in [4.69, 9.17) is 25.7 Å². The van der Waals surface area contributed by atoms with Gasteiger partial charge in [-0.05, 0) is 48.5 Å². The second-order valence-electron chi connectivity index (χ2n) is 9.10. The van der Waals surface area contributed by atoms with Gasteiger partial charge < -0.3 is 30.3 Å². The van der Waals surface area contributed by atoms with E-state index in [1.807, 2.05) is 0 Å². The number of phenolic OH excluding ortho intramolecular Hbond substituents is 1. The molecule has 0 fully saturated rings. The number of pyridine rings is 2. The first-order chi connectivity index (χ1) is 20.5. The number of benzene rings is 2. The molecule has 1 unspecified atom stereocenters. The van der Waals surface area contributed by atoms with Crippen molar-refractivity contribution in [2.45, 2.75) is 9.92 Å². The van der Waals surface area contributed by atoms with Gasteiger partial charge in [0, 0.05) is 30.2 Å². The van der Waals surface area contributed by atoms with Gasteiger partial charge in [-0.2, -0.15) is 4.39 Å². The number of nitrogen functional groups attached to an aromatic ring is 1. The van der Waals surface area contributed by atoms with Crippen LogP contribution < -0.4 is 15.2 Å². The molecule has 2 aromatic heterocycles. The number of phenols is 1. The van der Waals surface area contributed by atoms with Crippen LogP contribution in [0.1, 0.15) is 21.5 Å². The number of aromatic carboxylic acids is 1. The minimum Gasteiger partial charge on any atom is -0.504 e.